The van der Waals surface area contributed by atoms with E-state index >= 15 is 0 Å². The second-order valence-electron chi connectivity index (χ2n) is 2.78. The zero-order valence-electron chi connectivity index (χ0n) is 7.71. The van der Waals surface area contributed by atoms with Crippen LogP contribution in [0.4, 0.5) is 5.69 Å². The first-order chi connectivity index (χ1) is 6.81. The molecule has 5 nitrogen and oxygen atoms in total. The second kappa shape index (κ2) is 3.37. The Morgan fingerprint density at radius 1 is 1.43 bits per heavy atom. The number of ether oxygens (including phenoxy) is 1. The lowest BCUT2D eigenvalue weighted by Crippen LogP contribution is -2.00. The van der Waals surface area contributed by atoms with Gasteiger partial charge in [-0.1, -0.05) is 5.21 Å². The van der Waals surface area contributed by atoms with Crippen LogP contribution in [0.2, 0.25) is 0 Å². The van der Waals surface area contributed by atoms with E-state index in [1.165, 1.54) is 0 Å². The van der Waals surface area contributed by atoms with E-state index in [2.05, 4.69) is 10.3 Å². The molecular weight excluding hydrogens is 180 g/mol. The topological polar surface area (TPSA) is 66.0 Å². The predicted octanol–water partition coefficient (Wildman–Crippen LogP) is 0.858. The second-order valence-corrected chi connectivity index (χ2v) is 2.78. The van der Waals surface area contributed by atoms with Crippen molar-refractivity contribution in [2.45, 2.75) is 0 Å². The minimum Gasteiger partial charge on any atom is -0.494 e. The summed E-state index contributed by atoms with van der Waals surface area (Å²) < 4.78 is 6.79. The number of nitrogen functional groups attached to an aromatic ring is 1. The molecule has 14 heavy (non-hydrogen) atoms. The van der Waals surface area contributed by atoms with Gasteiger partial charge < -0.3 is 10.5 Å². The summed E-state index contributed by atoms with van der Waals surface area (Å²) in [5, 5.41) is 7.59. The molecule has 0 aliphatic heterocycles. The first-order valence-electron chi connectivity index (χ1n) is 4.11. The van der Waals surface area contributed by atoms with Crippen molar-refractivity contribution in [1.29, 1.82) is 0 Å². The summed E-state index contributed by atoms with van der Waals surface area (Å²) >= 11 is 0. The Morgan fingerprint density at radius 3 is 2.93 bits per heavy atom. The van der Waals surface area contributed by atoms with Gasteiger partial charge in [-0.2, -0.15) is 0 Å². The zero-order chi connectivity index (χ0) is 9.97. The van der Waals surface area contributed by atoms with Gasteiger partial charge in [0, 0.05) is 5.69 Å². The quantitative estimate of drug-likeness (QED) is 0.713. The molecule has 2 aromatic rings. The highest BCUT2D eigenvalue weighted by molar-refractivity contribution is 5.55. The van der Waals surface area contributed by atoms with Crippen LogP contribution in [0, 0.1) is 0 Å². The van der Waals surface area contributed by atoms with Gasteiger partial charge in [-0.15, -0.1) is 5.10 Å². The minimum atomic E-state index is 0.663. The van der Waals surface area contributed by atoms with E-state index in [1.807, 2.05) is 0 Å². The molecule has 5 heteroatoms. The van der Waals surface area contributed by atoms with Gasteiger partial charge in [0.25, 0.3) is 0 Å². The van der Waals surface area contributed by atoms with Gasteiger partial charge in [0.1, 0.15) is 11.4 Å². The molecule has 2 rings (SSSR count). The molecule has 0 amide bonds. The van der Waals surface area contributed by atoms with Crippen LogP contribution >= 0.6 is 0 Å². The summed E-state index contributed by atoms with van der Waals surface area (Å²) in [7, 11) is 1.60. The third-order valence-electron chi connectivity index (χ3n) is 1.87. The molecule has 0 aliphatic carbocycles. The van der Waals surface area contributed by atoms with Crippen molar-refractivity contribution in [2.24, 2.45) is 0 Å². The fourth-order valence-corrected chi connectivity index (χ4v) is 1.22. The van der Waals surface area contributed by atoms with E-state index < -0.39 is 0 Å². The SMILES string of the molecule is COc1ccc(N)cc1-n1ccnn1. The Hall–Kier alpha value is -2.04. The van der Waals surface area contributed by atoms with Gasteiger partial charge in [-0.05, 0) is 18.2 Å². The van der Waals surface area contributed by atoms with Gasteiger partial charge in [0.05, 0.1) is 19.5 Å². The number of anilines is 1. The number of methoxy groups -OCH3 is 1. The normalized spacial score (nSPS) is 10.1. The molecule has 0 bridgehead atoms. The molecule has 1 aromatic heterocycles. The molecule has 0 atom stereocenters. The van der Waals surface area contributed by atoms with E-state index in [4.69, 9.17) is 10.5 Å². The van der Waals surface area contributed by atoms with Crippen LogP contribution in [-0.4, -0.2) is 22.1 Å². The lowest BCUT2D eigenvalue weighted by Gasteiger charge is -2.07. The maximum absolute atomic E-state index is 5.67. The summed E-state index contributed by atoms with van der Waals surface area (Å²) in [5.41, 5.74) is 7.12. The van der Waals surface area contributed by atoms with Crippen molar-refractivity contribution in [3.05, 3.63) is 30.6 Å². The molecule has 0 aliphatic rings. The number of rotatable bonds is 2. The number of hydrogen-bond donors (Lipinski definition) is 1. The van der Waals surface area contributed by atoms with E-state index in [9.17, 15) is 0 Å². The summed E-state index contributed by atoms with van der Waals surface area (Å²) in [6, 6.07) is 5.36. The van der Waals surface area contributed by atoms with E-state index in [0.717, 1.165) is 5.69 Å². The smallest absolute Gasteiger partial charge is 0.144 e. The van der Waals surface area contributed by atoms with Crippen LogP contribution in [0.3, 0.4) is 0 Å². The van der Waals surface area contributed by atoms with Crippen molar-refractivity contribution < 1.29 is 4.74 Å². The largest absolute Gasteiger partial charge is 0.494 e. The summed E-state index contributed by atoms with van der Waals surface area (Å²) in [4.78, 5) is 0. The molecule has 0 radical (unpaired) electrons. The van der Waals surface area contributed by atoms with Gasteiger partial charge in [-0.3, -0.25) is 0 Å². The van der Waals surface area contributed by atoms with Gasteiger partial charge in [0.2, 0.25) is 0 Å². The van der Waals surface area contributed by atoms with Crippen LogP contribution in [0.15, 0.2) is 30.6 Å². The van der Waals surface area contributed by atoms with Crippen LogP contribution in [0.5, 0.6) is 5.75 Å². The van der Waals surface area contributed by atoms with Crippen molar-refractivity contribution in [2.75, 3.05) is 12.8 Å². The number of aromatic nitrogens is 3. The Bertz CT molecular complexity index is 424. The molecular formula is C9H10N4O. The molecule has 0 unspecified atom stereocenters. The van der Waals surface area contributed by atoms with Gasteiger partial charge >= 0.3 is 0 Å². The molecule has 1 heterocycles. The molecule has 0 fully saturated rings. The van der Waals surface area contributed by atoms with Crippen molar-refractivity contribution in [3.8, 4) is 11.4 Å². The van der Waals surface area contributed by atoms with Gasteiger partial charge in [-0.25, -0.2) is 4.68 Å². The maximum atomic E-state index is 5.67. The lowest BCUT2D eigenvalue weighted by molar-refractivity contribution is 0.411. The monoisotopic (exact) mass is 190 g/mol. The summed E-state index contributed by atoms with van der Waals surface area (Å²) in [6.07, 6.45) is 3.33. The highest BCUT2D eigenvalue weighted by Gasteiger charge is 2.05. The van der Waals surface area contributed by atoms with Gasteiger partial charge in [0.15, 0.2) is 0 Å². The van der Waals surface area contributed by atoms with Crippen LogP contribution < -0.4 is 10.5 Å². The zero-order valence-corrected chi connectivity index (χ0v) is 7.71. The minimum absolute atomic E-state index is 0.663. The highest BCUT2D eigenvalue weighted by Crippen LogP contribution is 2.23. The molecule has 0 saturated carbocycles. The van der Waals surface area contributed by atoms with Crippen molar-refractivity contribution in [3.63, 3.8) is 0 Å². The standard InChI is InChI=1S/C9H10N4O/c1-14-9-3-2-7(10)6-8(9)13-5-4-11-12-13/h2-6H,10H2,1H3. The van der Waals surface area contributed by atoms with E-state index in [-0.39, 0.29) is 0 Å². The number of benzene rings is 1. The number of nitrogens with two attached hydrogens (primary N) is 1. The van der Waals surface area contributed by atoms with Crippen molar-refractivity contribution in [1.82, 2.24) is 15.0 Å². The van der Waals surface area contributed by atoms with Crippen LogP contribution in [0.25, 0.3) is 5.69 Å². The Balaban J connectivity index is 2.55. The lowest BCUT2D eigenvalue weighted by atomic mass is 10.2. The third kappa shape index (κ3) is 1.39. The fraction of sp³-hybridized carbons (Fsp3) is 0.111. The Morgan fingerprint density at radius 2 is 2.29 bits per heavy atom. The number of hydrogen-bond acceptors (Lipinski definition) is 4. The predicted molar refractivity (Wildman–Crippen MR) is 52.3 cm³/mol. The molecule has 72 valence electrons. The molecule has 0 saturated heterocycles. The average molecular weight is 190 g/mol. The number of nitrogens with zero attached hydrogens (tertiary/aromatic N) is 3. The first-order valence-corrected chi connectivity index (χ1v) is 4.11. The molecule has 0 spiro atoms. The molecule has 2 N–H and O–H groups in total. The van der Waals surface area contributed by atoms with Crippen LogP contribution in [-0.2, 0) is 0 Å². The Kier molecular flexibility index (Phi) is 2.06. The van der Waals surface area contributed by atoms with E-state index in [1.54, 1.807) is 42.4 Å². The summed E-state index contributed by atoms with van der Waals surface area (Å²) in [6.45, 7) is 0. The average Bonchev–Trinajstić information content (AvgIpc) is 2.70. The highest BCUT2D eigenvalue weighted by atomic mass is 16.5. The van der Waals surface area contributed by atoms with E-state index in [0.29, 0.717) is 11.4 Å². The fourth-order valence-electron chi connectivity index (χ4n) is 1.22. The molecule has 1 aromatic carbocycles. The third-order valence-corrected chi connectivity index (χ3v) is 1.87. The Labute approximate surface area is 81.1 Å². The maximum Gasteiger partial charge on any atom is 0.144 e. The van der Waals surface area contributed by atoms with Crippen molar-refractivity contribution >= 4 is 5.69 Å². The van der Waals surface area contributed by atoms with Crippen LogP contribution in [0.1, 0.15) is 0 Å². The summed E-state index contributed by atoms with van der Waals surface area (Å²) in [5.74, 6) is 0.713. The first kappa shape index (κ1) is 8.55.